The van der Waals surface area contributed by atoms with Gasteiger partial charge in [0.25, 0.3) is 0 Å². The maximum atomic E-state index is 6.14. The standard InChI is InChI=1S/C13H16ClN3/c1-10-4-3-5-11(14)13(10)16-7-6-12-15-8-9-17(12)2/h3-5,8-9,16H,6-7H2,1-2H3. The fourth-order valence-electron chi connectivity index (χ4n) is 1.79. The molecular weight excluding hydrogens is 234 g/mol. The van der Waals surface area contributed by atoms with Crippen LogP contribution in [0.4, 0.5) is 5.69 Å². The molecule has 0 aliphatic carbocycles. The van der Waals surface area contributed by atoms with E-state index in [4.69, 9.17) is 11.6 Å². The van der Waals surface area contributed by atoms with Gasteiger partial charge in [0.1, 0.15) is 5.82 Å². The van der Waals surface area contributed by atoms with Gasteiger partial charge in [0.2, 0.25) is 0 Å². The average Bonchev–Trinajstić information content (AvgIpc) is 2.69. The maximum absolute atomic E-state index is 6.14. The topological polar surface area (TPSA) is 29.9 Å². The number of imidazole rings is 1. The van der Waals surface area contributed by atoms with E-state index in [9.17, 15) is 0 Å². The molecule has 0 amide bonds. The minimum atomic E-state index is 0.768. The number of hydrogen-bond donors (Lipinski definition) is 1. The van der Waals surface area contributed by atoms with Gasteiger partial charge in [-0.2, -0.15) is 0 Å². The summed E-state index contributed by atoms with van der Waals surface area (Å²) in [7, 11) is 2.00. The summed E-state index contributed by atoms with van der Waals surface area (Å²) in [4.78, 5) is 4.28. The molecule has 1 heterocycles. The van der Waals surface area contributed by atoms with Crippen molar-refractivity contribution in [3.8, 4) is 0 Å². The average molecular weight is 250 g/mol. The van der Waals surface area contributed by atoms with Gasteiger partial charge < -0.3 is 9.88 Å². The highest BCUT2D eigenvalue weighted by Crippen LogP contribution is 2.24. The van der Waals surface area contributed by atoms with Crippen molar-refractivity contribution in [3.05, 3.63) is 47.0 Å². The van der Waals surface area contributed by atoms with Crippen molar-refractivity contribution < 1.29 is 0 Å². The fourth-order valence-corrected chi connectivity index (χ4v) is 2.08. The van der Waals surface area contributed by atoms with E-state index in [0.29, 0.717) is 0 Å². The summed E-state index contributed by atoms with van der Waals surface area (Å²) in [5, 5.41) is 4.13. The van der Waals surface area contributed by atoms with E-state index in [1.54, 1.807) is 0 Å². The molecule has 0 aliphatic rings. The van der Waals surface area contributed by atoms with Crippen molar-refractivity contribution in [1.29, 1.82) is 0 Å². The van der Waals surface area contributed by atoms with Crippen LogP contribution in [0.15, 0.2) is 30.6 Å². The quantitative estimate of drug-likeness (QED) is 0.903. The van der Waals surface area contributed by atoms with E-state index in [1.165, 1.54) is 0 Å². The van der Waals surface area contributed by atoms with Crippen LogP contribution in [0.25, 0.3) is 0 Å². The molecule has 0 bridgehead atoms. The van der Waals surface area contributed by atoms with E-state index in [2.05, 4.69) is 23.3 Å². The van der Waals surface area contributed by atoms with Crippen LogP contribution < -0.4 is 5.32 Å². The number of nitrogens with one attached hydrogen (secondary N) is 1. The van der Waals surface area contributed by atoms with Gasteiger partial charge >= 0.3 is 0 Å². The van der Waals surface area contributed by atoms with Gasteiger partial charge in [0, 0.05) is 32.4 Å². The molecule has 2 aromatic rings. The van der Waals surface area contributed by atoms with Crippen molar-refractivity contribution in [2.75, 3.05) is 11.9 Å². The molecule has 0 atom stereocenters. The number of halogens is 1. The van der Waals surface area contributed by atoms with Crippen LogP contribution in [0.3, 0.4) is 0 Å². The Hall–Kier alpha value is -1.48. The Kier molecular flexibility index (Phi) is 3.69. The molecule has 2 rings (SSSR count). The first-order chi connectivity index (χ1) is 8.18. The Morgan fingerprint density at radius 1 is 1.41 bits per heavy atom. The summed E-state index contributed by atoms with van der Waals surface area (Å²) in [5.41, 5.74) is 2.18. The number of benzene rings is 1. The highest BCUT2D eigenvalue weighted by atomic mass is 35.5. The number of para-hydroxylation sites is 1. The van der Waals surface area contributed by atoms with Crippen LogP contribution in [0.1, 0.15) is 11.4 Å². The van der Waals surface area contributed by atoms with Gasteiger partial charge in [0.05, 0.1) is 10.7 Å². The molecular formula is C13H16ClN3. The molecule has 0 unspecified atom stereocenters. The van der Waals surface area contributed by atoms with Crippen molar-refractivity contribution in [1.82, 2.24) is 9.55 Å². The molecule has 1 aromatic heterocycles. The molecule has 3 nitrogen and oxygen atoms in total. The van der Waals surface area contributed by atoms with Crippen LogP contribution in [-0.2, 0) is 13.5 Å². The van der Waals surface area contributed by atoms with Crippen LogP contribution in [0.2, 0.25) is 5.02 Å². The molecule has 17 heavy (non-hydrogen) atoms. The smallest absolute Gasteiger partial charge is 0.110 e. The molecule has 0 saturated heterocycles. The van der Waals surface area contributed by atoms with Crippen molar-refractivity contribution >= 4 is 17.3 Å². The second-order valence-electron chi connectivity index (χ2n) is 4.06. The van der Waals surface area contributed by atoms with Crippen LogP contribution in [0.5, 0.6) is 0 Å². The second kappa shape index (κ2) is 5.23. The predicted molar refractivity (Wildman–Crippen MR) is 71.6 cm³/mol. The van der Waals surface area contributed by atoms with E-state index in [-0.39, 0.29) is 0 Å². The lowest BCUT2D eigenvalue weighted by molar-refractivity contribution is 0.789. The van der Waals surface area contributed by atoms with Gasteiger partial charge in [0.15, 0.2) is 0 Å². The van der Waals surface area contributed by atoms with Gasteiger partial charge in [-0.1, -0.05) is 23.7 Å². The lowest BCUT2D eigenvalue weighted by atomic mass is 10.2. The summed E-state index contributed by atoms with van der Waals surface area (Å²) in [6, 6.07) is 5.91. The highest BCUT2D eigenvalue weighted by molar-refractivity contribution is 6.33. The molecule has 0 aliphatic heterocycles. The van der Waals surface area contributed by atoms with Crippen LogP contribution in [0, 0.1) is 6.92 Å². The number of rotatable bonds is 4. The monoisotopic (exact) mass is 249 g/mol. The first kappa shape index (κ1) is 12.0. The molecule has 1 aromatic carbocycles. The van der Waals surface area contributed by atoms with Gasteiger partial charge in [-0.25, -0.2) is 4.98 Å². The largest absolute Gasteiger partial charge is 0.383 e. The van der Waals surface area contributed by atoms with Crippen LogP contribution >= 0.6 is 11.6 Å². The van der Waals surface area contributed by atoms with E-state index in [0.717, 1.165) is 35.1 Å². The SMILES string of the molecule is Cc1cccc(Cl)c1NCCc1nccn1C. The van der Waals surface area contributed by atoms with Crippen molar-refractivity contribution in [2.24, 2.45) is 7.05 Å². The third kappa shape index (κ3) is 2.80. The zero-order valence-electron chi connectivity index (χ0n) is 10.1. The third-order valence-electron chi connectivity index (χ3n) is 2.79. The number of aromatic nitrogens is 2. The third-order valence-corrected chi connectivity index (χ3v) is 3.11. The zero-order chi connectivity index (χ0) is 12.3. The van der Waals surface area contributed by atoms with Crippen molar-refractivity contribution in [3.63, 3.8) is 0 Å². The van der Waals surface area contributed by atoms with Gasteiger partial charge in [-0.15, -0.1) is 0 Å². The summed E-state index contributed by atoms with van der Waals surface area (Å²) >= 11 is 6.14. The van der Waals surface area contributed by atoms with E-state index < -0.39 is 0 Å². The maximum Gasteiger partial charge on any atom is 0.110 e. The van der Waals surface area contributed by atoms with E-state index in [1.807, 2.05) is 36.1 Å². The molecule has 0 spiro atoms. The zero-order valence-corrected chi connectivity index (χ0v) is 10.8. The molecule has 0 saturated carbocycles. The summed E-state index contributed by atoms with van der Waals surface area (Å²) in [5.74, 6) is 1.07. The summed E-state index contributed by atoms with van der Waals surface area (Å²) < 4.78 is 2.03. The molecule has 1 N–H and O–H groups in total. The molecule has 4 heteroatoms. The first-order valence-corrected chi connectivity index (χ1v) is 6.01. The lowest BCUT2D eigenvalue weighted by Gasteiger charge is -2.11. The summed E-state index contributed by atoms with van der Waals surface area (Å²) in [6.07, 6.45) is 4.65. The van der Waals surface area contributed by atoms with Gasteiger partial charge in [-0.05, 0) is 18.6 Å². The lowest BCUT2D eigenvalue weighted by Crippen LogP contribution is -2.09. The van der Waals surface area contributed by atoms with Crippen LogP contribution in [-0.4, -0.2) is 16.1 Å². The molecule has 0 fully saturated rings. The minimum absolute atomic E-state index is 0.768. The number of nitrogens with zero attached hydrogens (tertiary/aromatic N) is 2. The Morgan fingerprint density at radius 3 is 2.88 bits per heavy atom. The number of aryl methyl sites for hydroxylation is 2. The predicted octanol–water partition coefficient (Wildman–Crippen LogP) is 3.04. The number of anilines is 1. The minimum Gasteiger partial charge on any atom is -0.383 e. The van der Waals surface area contributed by atoms with E-state index >= 15 is 0 Å². The Bertz CT molecular complexity index is 485. The number of hydrogen-bond acceptors (Lipinski definition) is 2. The summed E-state index contributed by atoms with van der Waals surface area (Å²) in [6.45, 7) is 2.88. The van der Waals surface area contributed by atoms with Crippen molar-refractivity contribution in [2.45, 2.75) is 13.3 Å². The Labute approximate surface area is 106 Å². The Morgan fingerprint density at radius 2 is 2.24 bits per heavy atom. The molecule has 90 valence electrons. The second-order valence-corrected chi connectivity index (χ2v) is 4.47. The Balaban J connectivity index is 1.97. The fraction of sp³-hybridized carbons (Fsp3) is 0.308. The highest BCUT2D eigenvalue weighted by Gasteiger charge is 2.03. The normalized spacial score (nSPS) is 10.5. The van der Waals surface area contributed by atoms with Gasteiger partial charge in [-0.3, -0.25) is 0 Å². The first-order valence-electron chi connectivity index (χ1n) is 5.63. The molecule has 0 radical (unpaired) electrons.